The number of fused-ring (bicyclic) bond motifs is 1. The molecule has 3 aromatic rings. The highest BCUT2D eigenvalue weighted by molar-refractivity contribution is 6.43. The van der Waals surface area contributed by atoms with Crippen molar-refractivity contribution in [2.45, 2.75) is 38.8 Å². The van der Waals surface area contributed by atoms with Gasteiger partial charge in [0.25, 0.3) is 0 Å². The molecular formula is C22H25Cl2N5O. The fourth-order valence-corrected chi connectivity index (χ4v) is 5.33. The van der Waals surface area contributed by atoms with Crippen LogP contribution in [-0.2, 0) is 4.74 Å². The molecule has 0 bridgehead atoms. The third-order valence-electron chi connectivity index (χ3n) is 6.81. The molecule has 6 nitrogen and oxygen atoms in total. The number of piperidine rings is 1. The molecule has 2 saturated heterocycles. The summed E-state index contributed by atoms with van der Waals surface area (Å²) in [5.41, 5.74) is 10.1. The fourth-order valence-electron chi connectivity index (χ4n) is 4.94. The first-order valence-corrected chi connectivity index (χ1v) is 11.1. The number of rotatable bonds is 2. The van der Waals surface area contributed by atoms with E-state index in [1.807, 2.05) is 29.6 Å². The molecule has 30 heavy (non-hydrogen) atoms. The predicted molar refractivity (Wildman–Crippen MR) is 120 cm³/mol. The zero-order valence-corrected chi connectivity index (χ0v) is 18.6. The lowest BCUT2D eigenvalue weighted by Crippen LogP contribution is -2.50. The summed E-state index contributed by atoms with van der Waals surface area (Å²) in [6.45, 7) is 6.61. The van der Waals surface area contributed by atoms with Crippen LogP contribution in [0.1, 0.15) is 25.5 Å². The Kier molecular flexibility index (Phi) is 4.93. The summed E-state index contributed by atoms with van der Waals surface area (Å²) in [5, 5.41) is 5.61. The molecule has 5 rings (SSSR count). The number of hydrogen-bond donors (Lipinski definition) is 1. The second kappa shape index (κ2) is 7.38. The molecule has 0 amide bonds. The average Bonchev–Trinajstić information content (AvgIpc) is 3.32. The van der Waals surface area contributed by atoms with Crippen molar-refractivity contribution in [3.8, 4) is 11.3 Å². The Hall–Kier alpha value is -1.86. The van der Waals surface area contributed by atoms with E-state index in [0.717, 1.165) is 60.8 Å². The van der Waals surface area contributed by atoms with E-state index >= 15 is 0 Å². The Bertz CT molecular complexity index is 1110. The van der Waals surface area contributed by atoms with Crippen molar-refractivity contribution in [2.24, 2.45) is 11.1 Å². The SMILES string of the molecule is Cc1nc(N2CCC3(CC2)COC(C)C3N)c2ccnn2c1-c1cccc(Cl)c1Cl. The molecule has 0 saturated carbocycles. The van der Waals surface area contributed by atoms with Gasteiger partial charge in [0.15, 0.2) is 5.82 Å². The molecule has 8 heteroatoms. The zero-order valence-electron chi connectivity index (χ0n) is 17.1. The molecule has 2 unspecified atom stereocenters. The molecule has 4 heterocycles. The standard InChI is InChI=1S/C22H25Cl2N5O/c1-13-19(15-4-3-5-16(23)18(15)24)29-17(6-9-26-29)21(27-13)28-10-7-22(8-11-28)12-30-14(2)20(22)25/h3-6,9,14,20H,7-8,10-12,25H2,1-2H3. The molecule has 2 N–H and O–H groups in total. The van der Waals surface area contributed by atoms with Gasteiger partial charge in [-0.1, -0.05) is 35.3 Å². The molecule has 2 aromatic heterocycles. The Morgan fingerprint density at radius 2 is 1.97 bits per heavy atom. The van der Waals surface area contributed by atoms with Crippen LogP contribution in [0, 0.1) is 12.3 Å². The number of ether oxygens (including phenoxy) is 1. The van der Waals surface area contributed by atoms with Crippen molar-refractivity contribution >= 4 is 34.5 Å². The molecular weight excluding hydrogens is 421 g/mol. The second-order valence-electron chi connectivity index (χ2n) is 8.49. The van der Waals surface area contributed by atoms with Crippen LogP contribution in [0.3, 0.4) is 0 Å². The second-order valence-corrected chi connectivity index (χ2v) is 9.28. The van der Waals surface area contributed by atoms with Gasteiger partial charge >= 0.3 is 0 Å². The number of anilines is 1. The van der Waals surface area contributed by atoms with Gasteiger partial charge < -0.3 is 15.4 Å². The van der Waals surface area contributed by atoms with Gasteiger partial charge in [-0.2, -0.15) is 5.10 Å². The number of nitrogens with zero attached hydrogens (tertiary/aromatic N) is 4. The number of nitrogens with two attached hydrogens (primary N) is 1. The van der Waals surface area contributed by atoms with E-state index in [1.54, 1.807) is 12.3 Å². The zero-order chi connectivity index (χ0) is 21.0. The van der Waals surface area contributed by atoms with Crippen LogP contribution < -0.4 is 10.6 Å². The Balaban J connectivity index is 1.52. The number of halogens is 2. The van der Waals surface area contributed by atoms with Crippen molar-refractivity contribution < 1.29 is 4.74 Å². The van der Waals surface area contributed by atoms with Crippen molar-refractivity contribution in [1.29, 1.82) is 0 Å². The van der Waals surface area contributed by atoms with Gasteiger partial charge in [-0.05, 0) is 38.8 Å². The van der Waals surface area contributed by atoms with E-state index in [1.165, 1.54) is 0 Å². The summed E-state index contributed by atoms with van der Waals surface area (Å²) in [4.78, 5) is 7.34. The summed E-state index contributed by atoms with van der Waals surface area (Å²) in [7, 11) is 0. The van der Waals surface area contributed by atoms with Gasteiger partial charge in [-0.15, -0.1) is 0 Å². The van der Waals surface area contributed by atoms with Crippen molar-refractivity contribution in [3.63, 3.8) is 0 Å². The molecule has 2 atom stereocenters. The first kappa shape index (κ1) is 20.1. The summed E-state index contributed by atoms with van der Waals surface area (Å²) in [6.07, 6.45) is 3.93. The van der Waals surface area contributed by atoms with E-state index in [2.05, 4.69) is 16.9 Å². The quantitative estimate of drug-likeness (QED) is 0.634. The maximum absolute atomic E-state index is 6.52. The van der Waals surface area contributed by atoms with Gasteiger partial charge in [0.1, 0.15) is 5.52 Å². The number of hydrogen-bond acceptors (Lipinski definition) is 5. The number of benzene rings is 1. The van der Waals surface area contributed by atoms with Gasteiger partial charge in [0, 0.05) is 30.1 Å². The molecule has 2 aliphatic rings. The maximum atomic E-state index is 6.52. The number of aromatic nitrogens is 3. The van der Waals surface area contributed by atoms with Gasteiger partial charge in [0.05, 0.1) is 40.3 Å². The van der Waals surface area contributed by atoms with Gasteiger partial charge in [0.2, 0.25) is 0 Å². The van der Waals surface area contributed by atoms with Crippen molar-refractivity contribution in [2.75, 3.05) is 24.6 Å². The van der Waals surface area contributed by atoms with Gasteiger partial charge in [-0.25, -0.2) is 9.50 Å². The minimum atomic E-state index is 0.0791. The van der Waals surface area contributed by atoms with E-state index in [4.69, 9.17) is 38.7 Å². The molecule has 158 valence electrons. The lowest BCUT2D eigenvalue weighted by molar-refractivity contribution is 0.0974. The molecule has 0 radical (unpaired) electrons. The summed E-state index contributed by atoms with van der Waals surface area (Å²) in [6, 6.07) is 7.72. The predicted octanol–water partition coefficient (Wildman–Crippen LogP) is 4.34. The molecule has 0 aliphatic carbocycles. The van der Waals surface area contributed by atoms with E-state index in [9.17, 15) is 0 Å². The normalized spacial score (nSPS) is 23.6. The Morgan fingerprint density at radius 1 is 1.20 bits per heavy atom. The molecule has 2 aliphatic heterocycles. The van der Waals surface area contributed by atoms with E-state index in [-0.39, 0.29) is 17.6 Å². The minimum absolute atomic E-state index is 0.0791. The average molecular weight is 446 g/mol. The highest BCUT2D eigenvalue weighted by Crippen LogP contribution is 2.43. The monoisotopic (exact) mass is 445 g/mol. The molecule has 2 fully saturated rings. The highest BCUT2D eigenvalue weighted by atomic mass is 35.5. The van der Waals surface area contributed by atoms with Crippen LogP contribution in [0.5, 0.6) is 0 Å². The van der Waals surface area contributed by atoms with Gasteiger partial charge in [-0.3, -0.25) is 0 Å². The largest absolute Gasteiger partial charge is 0.376 e. The minimum Gasteiger partial charge on any atom is -0.376 e. The van der Waals surface area contributed by atoms with E-state index in [0.29, 0.717) is 10.0 Å². The smallest absolute Gasteiger partial charge is 0.155 e. The third kappa shape index (κ3) is 3.01. The van der Waals surface area contributed by atoms with Crippen molar-refractivity contribution in [3.05, 3.63) is 46.2 Å². The summed E-state index contributed by atoms with van der Waals surface area (Å²) >= 11 is 12.8. The highest BCUT2D eigenvalue weighted by Gasteiger charge is 2.47. The molecule has 1 aromatic carbocycles. The Labute approximate surface area is 185 Å². The fraction of sp³-hybridized carbons (Fsp3) is 0.455. The summed E-state index contributed by atoms with van der Waals surface area (Å²) in [5.74, 6) is 0.947. The summed E-state index contributed by atoms with van der Waals surface area (Å²) < 4.78 is 7.79. The first-order chi connectivity index (χ1) is 14.4. The first-order valence-electron chi connectivity index (χ1n) is 10.3. The van der Waals surface area contributed by atoms with Crippen LogP contribution in [0.4, 0.5) is 5.82 Å². The van der Waals surface area contributed by atoms with Crippen LogP contribution in [0.15, 0.2) is 30.5 Å². The number of aryl methyl sites for hydroxylation is 1. The van der Waals surface area contributed by atoms with Crippen molar-refractivity contribution in [1.82, 2.24) is 14.6 Å². The van der Waals surface area contributed by atoms with Crippen LogP contribution in [0.25, 0.3) is 16.8 Å². The van der Waals surface area contributed by atoms with E-state index < -0.39 is 0 Å². The lowest BCUT2D eigenvalue weighted by atomic mass is 9.73. The van der Waals surface area contributed by atoms with Crippen LogP contribution >= 0.6 is 23.2 Å². The lowest BCUT2D eigenvalue weighted by Gasteiger charge is -2.41. The molecule has 1 spiro atoms. The third-order valence-corrected chi connectivity index (χ3v) is 7.63. The topological polar surface area (TPSA) is 68.7 Å². The maximum Gasteiger partial charge on any atom is 0.155 e. The van der Waals surface area contributed by atoms with Crippen LogP contribution in [0.2, 0.25) is 10.0 Å². The van der Waals surface area contributed by atoms with Crippen LogP contribution in [-0.4, -0.2) is 46.4 Å². The Morgan fingerprint density at radius 3 is 2.67 bits per heavy atom.